The van der Waals surface area contributed by atoms with Crippen molar-refractivity contribution in [2.24, 2.45) is 0 Å². The summed E-state index contributed by atoms with van der Waals surface area (Å²) in [5.74, 6) is 0.442. The van der Waals surface area contributed by atoms with Crippen LogP contribution >= 0.6 is 0 Å². The molecule has 0 aromatic heterocycles. The fourth-order valence-corrected chi connectivity index (χ4v) is 1.79. The van der Waals surface area contributed by atoms with Gasteiger partial charge in [-0.1, -0.05) is 27.7 Å². The summed E-state index contributed by atoms with van der Waals surface area (Å²) in [6.45, 7) is 9.79. The number of rotatable bonds is 3. The van der Waals surface area contributed by atoms with E-state index in [-0.39, 0.29) is 17.5 Å². The minimum absolute atomic E-state index is 0.129. The molecule has 1 aromatic rings. The molecule has 98 valence electrons. The van der Waals surface area contributed by atoms with Gasteiger partial charge in [-0.15, -0.1) is 0 Å². The van der Waals surface area contributed by atoms with Gasteiger partial charge in [0.2, 0.25) is 0 Å². The molecule has 0 atom stereocenters. The number of aryl methyl sites for hydroxylation is 1. The highest BCUT2D eigenvalue weighted by atomic mass is 19.1. The maximum absolute atomic E-state index is 14.0. The van der Waals surface area contributed by atoms with Gasteiger partial charge in [-0.3, -0.25) is 0 Å². The van der Waals surface area contributed by atoms with Crippen LogP contribution in [-0.2, 0) is 0 Å². The fourth-order valence-electron chi connectivity index (χ4n) is 1.79. The van der Waals surface area contributed by atoms with Crippen molar-refractivity contribution in [2.45, 2.75) is 40.5 Å². The molecule has 17 heavy (non-hydrogen) atoms. The van der Waals surface area contributed by atoms with E-state index >= 15 is 0 Å². The quantitative estimate of drug-likeness (QED) is 0.786. The lowest BCUT2D eigenvalue weighted by atomic mass is 9.96. The van der Waals surface area contributed by atoms with Gasteiger partial charge in [0.1, 0.15) is 0 Å². The average molecular weight is 242 g/mol. The molecule has 0 N–H and O–H groups in total. The highest BCUT2D eigenvalue weighted by Gasteiger charge is 2.19. The third-order valence-electron chi connectivity index (χ3n) is 2.43. The molecule has 0 saturated heterocycles. The minimum Gasteiger partial charge on any atom is -0.493 e. The van der Waals surface area contributed by atoms with Crippen molar-refractivity contribution in [3.63, 3.8) is 0 Å². The molecule has 0 aliphatic heterocycles. The van der Waals surface area contributed by atoms with Gasteiger partial charge in [-0.05, 0) is 30.0 Å². The maximum Gasteiger partial charge on any atom is 0.197 e. The standard InChI is InChI=1S/C12H17FO2.C2H6/c1-7(2)10-8(3)6-9(14-4)12(15-5)11(10)13;1-2/h6-7H,1-5H3;1-2H3. The predicted octanol–water partition coefficient (Wildman–Crippen LogP) is 4.30. The molecule has 0 amide bonds. The topological polar surface area (TPSA) is 18.5 Å². The third-order valence-corrected chi connectivity index (χ3v) is 2.43. The molecule has 0 fully saturated rings. The van der Waals surface area contributed by atoms with E-state index in [4.69, 9.17) is 9.47 Å². The molecule has 2 nitrogen and oxygen atoms in total. The first-order chi connectivity index (χ1) is 8.02. The fraction of sp³-hybridized carbons (Fsp3) is 0.571. The summed E-state index contributed by atoms with van der Waals surface area (Å²) in [5, 5.41) is 0. The highest BCUT2D eigenvalue weighted by molar-refractivity contribution is 5.49. The number of ether oxygens (including phenoxy) is 2. The van der Waals surface area contributed by atoms with Gasteiger partial charge >= 0.3 is 0 Å². The monoisotopic (exact) mass is 242 g/mol. The van der Waals surface area contributed by atoms with E-state index < -0.39 is 0 Å². The van der Waals surface area contributed by atoms with Crippen molar-refractivity contribution in [1.29, 1.82) is 0 Å². The van der Waals surface area contributed by atoms with Crippen molar-refractivity contribution >= 4 is 0 Å². The van der Waals surface area contributed by atoms with Crippen LogP contribution in [0.5, 0.6) is 11.5 Å². The molecule has 1 aromatic carbocycles. The van der Waals surface area contributed by atoms with Gasteiger partial charge in [-0.25, -0.2) is 4.39 Å². The molecule has 0 aliphatic carbocycles. The number of methoxy groups -OCH3 is 2. The molecular formula is C14H23FO2. The van der Waals surface area contributed by atoms with Crippen molar-refractivity contribution in [3.8, 4) is 11.5 Å². The van der Waals surface area contributed by atoms with Crippen molar-refractivity contribution in [1.82, 2.24) is 0 Å². The zero-order valence-electron chi connectivity index (χ0n) is 11.8. The van der Waals surface area contributed by atoms with Crippen LogP contribution in [0.25, 0.3) is 0 Å². The minimum atomic E-state index is -0.315. The van der Waals surface area contributed by atoms with Crippen molar-refractivity contribution in [3.05, 3.63) is 23.0 Å². The van der Waals surface area contributed by atoms with Gasteiger partial charge in [0.05, 0.1) is 14.2 Å². The van der Waals surface area contributed by atoms with Crippen molar-refractivity contribution in [2.75, 3.05) is 14.2 Å². The van der Waals surface area contributed by atoms with Crippen LogP contribution in [0, 0.1) is 12.7 Å². The summed E-state index contributed by atoms with van der Waals surface area (Å²) in [5.41, 5.74) is 1.58. The van der Waals surface area contributed by atoms with Crippen molar-refractivity contribution < 1.29 is 13.9 Å². The Hall–Kier alpha value is -1.25. The summed E-state index contributed by atoms with van der Waals surface area (Å²) in [7, 11) is 2.95. The molecule has 0 bridgehead atoms. The Labute approximate surface area is 104 Å². The zero-order valence-corrected chi connectivity index (χ0v) is 11.8. The molecule has 0 aliphatic rings. The second kappa shape index (κ2) is 7.15. The molecule has 0 unspecified atom stereocenters. The summed E-state index contributed by atoms with van der Waals surface area (Å²) in [6.07, 6.45) is 0. The molecule has 0 spiro atoms. The Morgan fingerprint density at radius 2 is 1.65 bits per heavy atom. The van der Waals surface area contributed by atoms with Crippen LogP contribution in [0.3, 0.4) is 0 Å². The smallest absolute Gasteiger partial charge is 0.197 e. The van der Waals surface area contributed by atoms with Gasteiger partial charge in [0.25, 0.3) is 0 Å². The van der Waals surface area contributed by atoms with E-state index in [2.05, 4.69) is 0 Å². The van der Waals surface area contributed by atoms with E-state index in [1.807, 2.05) is 34.6 Å². The normalized spacial score (nSPS) is 9.71. The molecule has 0 radical (unpaired) electrons. The lowest BCUT2D eigenvalue weighted by Crippen LogP contribution is -2.02. The van der Waals surface area contributed by atoms with E-state index in [0.29, 0.717) is 11.3 Å². The number of halogens is 1. The Morgan fingerprint density at radius 3 is 2.00 bits per heavy atom. The van der Waals surface area contributed by atoms with E-state index in [0.717, 1.165) is 5.56 Å². The lowest BCUT2D eigenvalue weighted by Gasteiger charge is -2.16. The largest absolute Gasteiger partial charge is 0.493 e. The van der Waals surface area contributed by atoms with Gasteiger partial charge in [-0.2, -0.15) is 0 Å². The van der Waals surface area contributed by atoms with E-state index in [9.17, 15) is 4.39 Å². The van der Waals surface area contributed by atoms with Crippen LogP contribution < -0.4 is 9.47 Å². The summed E-state index contributed by atoms with van der Waals surface area (Å²) < 4.78 is 24.1. The molecule has 3 heteroatoms. The molecular weight excluding hydrogens is 219 g/mol. The Kier molecular flexibility index (Phi) is 6.62. The molecule has 1 rings (SSSR count). The average Bonchev–Trinajstić information content (AvgIpc) is 2.30. The number of benzene rings is 1. The van der Waals surface area contributed by atoms with Crippen LogP contribution in [0.1, 0.15) is 44.7 Å². The van der Waals surface area contributed by atoms with Crippen LogP contribution in [0.15, 0.2) is 6.07 Å². The Morgan fingerprint density at radius 1 is 1.12 bits per heavy atom. The number of hydrogen-bond donors (Lipinski definition) is 0. The lowest BCUT2D eigenvalue weighted by molar-refractivity contribution is 0.335. The summed E-state index contributed by atoms with van der Waals surface area (Å²) >= 11 is 0. The Balaban J connectivity index is 0.00000121. The van der Waals surface area contributed by atoms with Gasteiger partial charge < -0.3 is 9.47 Å². The van der Waals surface area contributed by atoms with E-state index in [1.54, 1.807) is 6.07 Å². The van der Waals surface area contributed by atoms with Gasteiger partial charge in [0, 0.05) is 0 Å². The second-order valence-electron chi connectivity index (χ2n) is 3.81. The van der Waals surface area contributed by atoms with Gasteiger partial charge in [0.15, 0.2) is 17.3 Å². The zero-order chi connectivity index (χ0) is 13.6. The van der Waals surface area contributed by atoms with Crippen LogP contribution in [0.4, 0.5) is 4.39 Å². The number of hydrogen-bond acceptors (Lipinski definition) is 2. The molecule has 0 saturated carbocycles. The second-order valence-corrected chi connectivity index (χ2v) is 3.81. The molecule has 0 heterocycles. The third kappa shape index (κ3) is 3.35. The first kappa shape index (κ1) is 15.8. The van der Waals surface area contributed by atoms with E-state index in [1.165, 1.54) is 14.2 Å². The van der Waals surface area contributed by atoms with Crippen LogP contribution in [0.2, 0.25) is 0 Å². The summed E-state index contributed by atoms with van der Waals surface area (Å²) in [4.78, 5) is 0. The van der Waals surface area contributed by atoms with Crippen LogP contribution in [-0.4, -0.2) is 14.2 Å². The SMILES string of the molecule is CC.COc1cc(C)c(C(C)C)c(F)c1OC. The predicted molar refractivity (Wildman–Crippen MR) is 69.7 cm³/mol. The summed E-state index contributed by atoms with van der Waals surface area (Å²) in [6, 6.07) is 1.80. The highest BCUT2D eigenvalue weighted by Crippen LogP contribution is 2.37. The first-order valence-electron chi connectivity index (χ1n) is 5.93. The maximum atomic E-state index is 14.0. The Bertz CT molecular complexity index is 360. The first-order valence-corrected chi connectivity index (χ1v) is 5.93.